The van der Waals surface area contributed by atoms with Gasteiger partial charge in [-0.25, -0.2) is 10.8 Å². The van der Waals surface area contributed by atoms with Crippen LogP contribution in [0.15, 0.2) is 23.3 Å². The Kier molecular flexibility index (Phi) is 4.90. The molecule has 11 nitrogen and oxygen atoms in total. The number of carbonyl (C=O) groups excluding carboxylic acids is 1. The average Bonchev–Trinajstić information content (AvgIpc) is 2.33. The van der Waals surface area contributed by atoms with Crippen LogP contribution in [0.4, 0.5) is 5.82 Å². The van der Waals surface area contributed by atoms with Crippen LogP contribution >= 0.6 is 15.2 Å². The summed E-state index contributed by atoms with van der Waals surface area (Å²) in [6, 6.07) is 2.42. The van der Waals surface area contributed by atoms with Gasteiger partial charge in [-0.2, -0.15) is 4.99 Å². The standard InChI is InChI=1S/C7H10N4O7P2/c8-11-5-2-1-4(3-9-5)6(12)10-7(19(13,14)15)20(16,17)18/h1-3H,8H2,(H,9,11)(H2,13,14,15)(H2,16,17,18). The van der Waals surface area contributed by atoms with E-state index in [0.29, 0.717) is 0 Å². The molecule has 0 unspecified atom stereocenters. The Labute approximate surface area is 111 Å². The Morgan fingerprint density at radius 3 is 2.10 bits per heavy atom. The molecule has 1 aromatic rings. The number of amides is 1. The quantitative estimate of drug-likeness (QED) is 0.177. The molecule has 1 heterocycles. The van der Waals surface area contributed by atoms with Gasteiger partial charge in [0.2, 0.25) is 5.19 Å². The first-order valence-corrected chi connectivity index (χ1v) is 7.96. The lowest BCUT2D eigenvalue weighted by atomic mass is 10.3. The smallest absolute Gasteiger partial charge is 0.320 e. The largest absolute Gasteiger partial charge is 0.383 e. The summed E-state index contributed by atoms with van der Waals surface area (Å²) in [6.45, 7) is 0. The molecule has 0 fully saturated rings. The van der Waals surface area contributed by atoms with Crippen molar-refractivity contribution in [1.29, 1.82) is 0 Å². The molecule has 1 amide bonds. The van der Waals surface area contributed by atoms with Crippen molar-refractivity contribution in [2.45, 2.75) is 0 Å². The van der Waals surface area contributed by atoms with Gasteiger partial charge < -0.3 is 25.0 Å². The summed E-state index contributed by atoms with van der Waals surface area (Å²) in [5.74, 6) is 3.98. The minimum atomic E-state index is -5.37. The van der Waals surface area contributed by atoms with Crippen LogP contribution in [-0.2, 0) is 9.13 Å². The monoisotopic (exact) mass is 324 g/mol. The number of carbonyl (C=O) groups is 1. The fraction of sp³-hybridized carbons (Fsp3) is 0. The SMILES string of the molecule is NNc1ccc(C(=O)N=C(P(=O)(O)O)P(=O)(O)O)cn1. The molecule has 110 valence electrons. The second-order valence-electron chi connectivity index (χ2n) is 3.38. The minimum absolute atomic E-state index is 0.204. The molecular weight excluding hydrogens is 314 g/mol. The molecule has 0 atom stereocenters. The summed E-state index contributed by atoms with van der Waals surface area (Å²) >= 11 is 0. The van der Waals surface area contributed by atoms with Crippen LogP contribution in [-0.4, -0.2) is 35.7 Å². The molecule has 0 saturated heterocycles. The highest BCUT2D eigenvalue weighted by Crippen LogP contribution is 2.55. The fourth-order valence-corrected chi connectivity index (χ4v) is 2.86. The molecule has 1 aromatic heterocycles. The molecule has 0 radical (unpaired) electrons. The van der Waals surface area contributed by atoms with Gasteiger partial charge in [-0.15, -0.1) is 0 Å². The lowest BCUT2D eigenvalue weighted by Gasteiger charge is -2.08. The van der Waals surface area contributed by atoms with Crippen molar-refractivity contribution in [3.63, 3.8) is 0 Å². The number of hydrogen-bond acceptors (Lipinski definition) is 6. The number of nitrogens with two attached hydrogens (primary N) is 1. The van der Waals surface area contributed by atoms with E-state index < -0.39 is 26.3 Å². The maximum absolute atomic E-state index is 11.6. The third-order valence-electron chi connectivity index (χ3n) is 1.88. The molecule has 20 heavy (non-hydrogen) atoms. The summed E-state index contributed by atoms with van der Waals surface area (Å²) in [5, 5.41) is -1.80. The number of nitrogens with zero attached hydrogens (tertiary/aromatic N) is 2. The fourth-order valence-electron chi connectivity index (χ4n) is 1.06. The zero-order valence-electron chi connectivity index (χ0n) is 9.61. The van der Waals surface area contributed by atoms with E-state index in [9.17, 15) is 13.9 Å². The Morgan fingerprint density at radius 2 is 1.75 bits per heavy atom. The van der Waals surface area contributed by atoms with Crippen LogP contribution in [0.25, 0.3) is 0 Å². The van der Waals surface area contributed by atoms with Crippen LogP contribution in [0.3, 0.4) is 0 Å². The first-order valence-electron chi connectivity index (χ1n) is 4.73. The molecule has 0 saturated carbocycles. The van der Waals surface area contributed by atoms with Gasteiger partial charge in [0.05, 0.1) is 5.56 Å². The van der Waals surface area contributed by atoms with Gasteiger partial charge in [-0.1, -0.05) is 0 Å². The van der Waals surface area contributed by atoms with Crippen molar-refractivity contribution in [3.8, 4) is 0 Å². The van der Waals surface area contributed by atoms with Gasteiger partial charge >= 0.3 is 15.2 Å². The van der Waals surface area contributed by atoms with Gasteiger partial charge in [-0.3, -0.25) is 13.9 Å². The maximum atomic E-state index is 11.6. The van der Waals surface area contributed by atoms with Crippen LogP contribution < -0.4 is 11.3 Å². The minimum Gasteiger partial charge on any atom is -0.320 e. The summed E-state index contributed by atoms with van der Waals surface area (Å²) in [7, 11) is -10.7. The summed E-state index contributed by atoms with van der Waals surface area (Å²) in [6.07, 6.45) is 0.970. The number of pyridine rings is 1. The van der Waals surface area contributed by atoms with E-state index in [-0.39, 0.29) is 11.4 Å². The number of anilines is 1. The van der Waals surface area contributed by atoms with E-state index in [2.05, 4.69) is 15.4 Å². The van der Waals surface area contributed by atoms with Crippen LogP contribution in [0.5, 0.6) is 0 Å². The Morgan fingerprint density at radius 1 is 1.20 bits per heavy atom. The van der Waals surface area contributed by atoms with E-state index in [0.717, 1.165) is 12.3 Å². The highest BCUT2D eigenvalue weighted by atomic mass is 31.2. The van der Waals surface area contributed by atoms with Crippen molar-refractivity contribution in [1.82, 2.24) is 4.98 Å². The second kappa shape index (κ2) is 5.90. The summed E-state index contributed by atoms with van der Waals surface area (Å²) in [5.41, 5.74) is 1.94. The average molecular weight is 324 g/mol. The van der Waals surface area contributed by atoms with Crippen LogP contribution in [0.2, 0.25) is 0 Å². The third kappa shape index (κ3) is 4.29. The molecule has 0 spiro atoms. The van der Waals surface area contributed by atoms with Gasteiger partial charge in [0.1, 0.15) is 5.82 Å². The highest BCUT2D eigenvalue weighted by molar-refractivity contribution is 7.97. The number of aliphatic imine (C=N–C) groups is 1. The zero-order valence-corrected chi connectivity index (χ0v) is 11.4. The first-order chi connectivity index (χ1) is 9.05. The normalized spacial score (nSPS) is 11.8. The molecule has 7 N–H and O–H groups in total. The van der Waals surface area contributed by atoms with Crippen LogP contribution in [0.1, 0.15) is 10.4 Å². The molecule has 0 aliphatic carbocycles. The Bertz CT molecular complexity index is 607. The van der Waals surface area contributed by atoms with E-state index in [1.54, 1.807) is 0 Å². The summed E-state index contributed by atoms with van der Waals surface area (Å²) in [4.78, 5) is 53.2. The van der Waals surface area contributed by atoms with Gasteiger partial charge in [0.15, 0.2) is 0 Å². The number of rotatable bonds is 4. The Balaban J connectivity index is 3.21. The van der Waals surface area contributed by atoms with E-state index in [4.69, 9.17) is 25.4 Å². The topological polar surface area (TPSA) is 195 Å². The molecule has 0 aliphatic heterocycles. The van der Waals surface area contributed by atoms with E-state index in [1.165, 1.54) is 6.07 Å². The van der Waals surface area contributed by atoms with Gasteiger partial charge in [0.25, 0.3) is 5.91 Å². The number of aromatic nitrogens is 1. The predicted molar refractivity (Wildman–Crippen MR) is 67.9 cm³/mol. The first kappa shape index (κ1) is 16.6. The number of hydrazine groups is 1. The number of nitrogens with one attached hydrogen (secondary N) is 1. The predicted octanol–water partition coefficient (Wildman–Crippen LogP) is -0.781. The maximum Gasteiger partial charge on any atom is 0.383 e. The van der Waals surface area contributed by atoms with Crippen molar-refractivity contribution < 1.29 is 33.5 Å². The highest BCUT2D eigenvalue weighted by Gasteiger charge is 2.39. The molecule has 1 rings (SSSR count). The van der Waals surface area contributed by atoms with Crippen molar-refractivity contribution in [3.05, 3.63) is 23.9 Å². The van der Waals surface area contributed by atoms with Gasteiger partial charge in [-0.05, 0) is 12.1 Å². The summed E-state index contributed by atoms with van der Waals surface area (Å²) < 4.78 is 21.8. The lowest BCUT2D eigenvalue weighted by molar-refractivity contribution is 0.100. The third-order valence-corrected chi connectivity index (χ3v) is 4.69. The zero-order chi connectivity index (χ0) is 15.6. The van der Waals surface area contributed by atoms with Crippen molar-refractivity contribution in [2.75, 3.05) is 5.43 Å². The molecule has 0 bridgehead atoms. The number of hydrogen-bond donors (Lipinski definition) is 6. The Hall–Kier alpha value is -1.45. The van der Waals surface area contributed by atoms with Gasteiger partial charge in [0, 0.05) is 6.20 Å². The molecular formula is C7H10N4O7P2. The van der Waals surface area contributed by atoms with Crippen LogP contribution in [0, 0.1) is 0 Å². The second-order valence-corrected chi connectivity index (χ2v) is 6.76. The number of nitrogen functional groups attached to an aromatic ring is 1. The molecule has 13 heteroatoms. The van der Waals surface area contributed by atoms with Crippen molar-refractivity contribution in [2.24, 2.45) is 10.8 Å². The molecule has 0 aromatic carbocycles. The van der Waals surface area contributed by atoms with Crippen molar-refractivity contribution >= 4 is 32.1 Å². The molecule has 0 aliphatic rings. The van der Waals surface area contributed by atoms with E-state index >= 15 is 0 Å². The lowest BCUT2D eigenvalue weighted by Crippen LogP contribution is -2.09. The van der Waals surface area contributed by atoms with E-state index in [1.807, 2.05) is 0 Å².